The molecule has 1 heterocycles. The maximum atomic E-state index is 13.8. The standard InChI is InChI=1S/C28H39N3O4/c1-20-16-31(21(2)18-32)28(34)25-13-9-8-12-24(25)23-11-7-6-10-22(23)19-35-26(20)17-30(5)27(33)14-15-29(3)4/h6-13,20-21,26,32H,14-19H2,1-5H3/t20-,21-,26+/m0/s1. The molecule has 0 unspecified atom stereocenters. The van der Waals surface area contributed by atoms with E-state index in [1.165, 1.54) is 0 Å². The third-order valence-corrected chi connectivity index (χ3v) is 6.75. The molecule has 2 amide bonds. The lowest BCUT2D eigenvalue weighted by Crippen LogP contribution is -2.47. The third kappa shape index (κ3) is 6.69. The summed E-state index contributed by atoms with van der Waals surface area (Å²) < 4.78 is 6.47. The van der Waals surface area contributed by atoms with Crippen LogP contribution in [0.15, 0.2) is 48.5 Å². The van der Waals surface area contributed by atoms with Crippen molar-refractivity contribution in [2.24, 2.45) is 5.92 Å². The number of benzene rings is 2. The molecular weight excluding hydrogens is 442 g/mol. The van der Waals surface area contributed by atoms with Crippen LogP contribution in [0.4, 0.5) is 0 Å². The second-order valence-corrected chi connectivity index (χ2v) is 9.85. The van der Waals surface area contributed by atoms with Crippen LogP contribution in [0, 0.1) is 5.92 Å². The van der Waals surface area contributed by atoms with E-state index in [0.29, 0.717) is 38.2 Å². The lowest BCUT2D eigenvalue weighted by Gasteiger charge is -2.35. The molecule has 0 fully saturated rings. The van der Waals surface area contributed by atoms with Gasteiger partial charge in [0.2, 0.25) is 5.91 Å². The highest BCUT2D eigenvalue weighted by atomic mass is 16.5. The number of carbonyl (C=O) groups is 2. The minimum absolute atomic E-state index is 0.0607. The van der Waals surface area contributed by atoms with E-state index in [4.69, 9.17) is 4.74 Å². The highest BCUT2D eigenvalue weighted by molar-refractivity contribution is 6.01. The summed E-state index contributed by atoms with van der Waals surface area (Å²) in [6, 6.07) is 15.2. The molecule has 3 atom stereocenters. The molecule has 0 aromatic heterocycles. The quantitative estimate of drug-likeness (QED) is 0.658. The minimum Gasteiger partial charge on any atom is -0.394 e. The summed E-state index contributed by atoms with van der Waals surface area (Å²) >= 11 is 0. The molecule has 0 spiro atoms. The zero-order chi connectivity index (χ0) is 25.5. The molecule has 0 saturated heterocycles. The van der Waals surface area contributed by atoms with Crippen molar-refractivity contribution in [3.8, 4) is 11.1 Å². The van der Waals surface area contributed by atoms with E-state index in [1.54, 1.807) is 9.80 Å². The van der Waals surface area contributed by atoms with Crippen molar-refractivity contribution in [2.45, 2.75) is 39.0 Å². The Balaban J connectivity index is 1.98. The Morgan fingerprint density at radius 1 is 1.09 bits per heavy atom. The Hall–Kier alpha value is -2.74. The summed E-state index contributed by atoms with van der Waals surface area (Å²) in [7, 11) is 5.71. The van der Waals surface area contributed by atoms with Crippen LogP contribution < -0.4 is 0 Å². The summed E-state index contributed by atoms with van der Waals surface area (Å²) in [4.78, 5) is 32.0. The smallest absolute Gasteiger partial charge is 0.254 e. The first-order chi connectivity index (χ1) is 16.7. The molecule has 7 heteroatoms. The first kappa shape index (κ1) is 26.9. The number of aliphatic hydroxyl groups is 1. The van der Waals surface area contributed by atoms with E-state index in [2.05, 4.69) is 0 Å². The van der Waals surface area contributed by atoms with Crippen LogP contribution in [0.25, 0.3) is 11.1 Å². The SMILES string of the molecule is C[C@H]1CN([C@@H](C)CO)C(=O)c2ccccc2-c2ccccc2CO[C@@H]1CN(C)C(=O)CCN(C)C. The molecule has 1 aliphatic rings. The van der Waals surface area contributed by atoms with E-state index in [9.17, 15) is 14.7 Å². The third-order valence-electron chi connectivity index (χ3n) is 6.75. The molecule has 0 aliphatic carbocycles. The van der Waals surface area contributed by atoms with Gasteiger partial charge >= 0.3 is 0 Å². The van der Waals surface area contributed by atoms with Crippen LogP contribution >= 0.6 is 0 Å². The van der Waals surface area contributed by atoms with Crippen molar-refractivity contribution in [3.05, 3.63) is 59.7 Å². The summed E-state index contributed by atoms with van der Waals surface area (Å²) in [6.45, 7) is 5.67. The van der Waals surface area contributed by atoms with E-state index in [0.717, 1.165) is 16.7 Å². The first-order valence-electron chi connectivity index (χ1n) is 12.3. The molecule has 1 aliphatic heterocycles. The molecule has 35 heavy (non-hydrogen) atoms. The largest absolute Gasteiger partial charge is 0.394 e. The Labute approximate surface area is 209 Å². The van der Waals surface area contributed by atoms with E-state index >= 15 is 0 Å². The summed E-state index contributed by atoms with van der Waals surface area (Å²) in [5.41, 5.74) is 3.42. The lowest BCUT2D eigenvalue weighted by molar-refractivity contribution is -0.133. The minimum atomic E-state index is -0.353. The fourth-order valence-electron chi connectivity index (χ4n) is 4.43. The van der Waals surface area contributed by atoms with Gasteiger partial charge < -0.3 is 24.5 Å². The van der Waals surface area contributed by atoms with Crippen LogP contribution in [-0.4, -0.2) is 91.2 Å². The number of likely N-dealkylation sites (N-methyl/N-ethyl adjacent to an activating group) is 1. The zero-order valence-electron chi connectivity index (χ0n) is 21.6. The van der Waals surface area contributed by atoms with Crippen molar-refractivity contribution >= 4 is 11.8 Å². The molecule has 2 aromatic rings. The van der Waals surface area contributed by atoms with E-state index in [1.807, 2.05) is 88.4 Å². The second kappa shape index (κ2) is 12.3. The molecule has 3 rings (SSSR count). The number of amides is 2. The predicted molar refractivity (Wildman–Crippen MR) is 138 cm³/mol. The number of nitrogens with zero attached hydrogens (tertiary/aromatic N) is 3. The highest BCUT2D eigenvalue weighted by Crippen LogP contribution is 2.31. The molecule has 1 N–H and O–H groups in total. The number of ether oxygens (including phenoxy) is 1. The average molecular weight is 482 g/mol. The van der Waals surface area contributed by atoms with E-state index in [-0.39, 0.29) is 36.5 Å². The van der Waals surface area contributed by atoms with Crippen molar-refractivity contribution in [2.75, 3.05) is 47.4 Å². The summed E-state index contributed by atoms with van der Waals surface area (Å²) in [5, 5.41) is 9.95. The first-order valence-corrected chi connectivity index (χ1v) is 12.3. The number of hydrogen-bond donors (Lipinski definition) is 1. The predicted octanol–water partition coefficient (Wildman–Crippen LogP) is 3.12. The van der Waals surface area contributed by atoms with Gasteiger partial charge in [-0.1, -0.05) is 49.4 Å². The van der Waals surface area contributed by atoms with Crippen molar-refractivity contribution in [1.82, 2.24) is 14.7 Å². The molecular formula is C28H39N3O4. The van der Waals surface area contributed by atoms with Crippen molar-refractivity contribution in [3.63, 3.8) is 0 Å². The highest BCUT2D eigenvalue weighted by Gasteiger charge is 2.31. The molecule has 0 radical (unpaired) electrons. The molecule has 2 aromatic carbocycles. The van der Waals surface area contributed by atoms with Gasteiger partial charge in [-0.2, -0.15) is 0 Å². The lowest BCUT2D eigenvalue weighted by atomic mass is 9.94. The Bertz CT molecular complexity index is 1010. The maximum Gasteiger partial charge on any atom is 0.254 e. The van der Waals surface area contributed by atoms with E-state index < -0.39 is 0 Å². The zero-order valence-corrected chi connectivity index (χ0v) is 21.6. The van der Waals surface area contributed by atoms with Gasteiger partial charge in [-0.25, -0.2) is 0 Å². The van der Waals surface area contributed by atoms with Gasteiger partial charge in [0.25, 0.3) is 5.91 Å². The van der Waals surface area contributed by atoms with Crippen molar-refractivity contribution < 1.29 is 19.4 Å². The fourth-order valence-corrected chi connectivity index (χ4v) is 4.43. The van der Waals surface area contributed by atoms with Gasteiger partial charge in [0.05, 0.1) is 25.4 Å². The topological polar surface area (TPSA) is 73.3 Å². The molecule has 7 nitrogen and oxygen atoms in total. The summed E-state index contributed by atoms with van der Waals surface area (Å²) in [5.74, 6) is -0.109. The summed E-state index contributed by atoms with van der Waals surface area (Å²) in [6.07, 6.45) is 0.160. The van der Waals surface area contributed by atoms with Crippen LogP contribution in [-0.2, 0) is 16.1 Å². The van der Waals surface area contributed by atoms with Crippen LogP contribution in [0.5, 0.6) is 0 Å². The van der Waals surface area contributed by atoms with Gasteiger partial charge in [0.1, 0.15) is 0 Å². The Morgan fingerprint density at radius 3 is 2.37 bits per heavy atom. The van der Waals surface area contributed by atoms with Crippen LogP contribution in [0.3, 0.4) is 0 Å². The monoisotopic (exact) mass is 481 g/mol. The van der Waals surface area contributed by atoms with Gasteiger partial charge in [-0.05, 0) is 43.8 Å². The van der Waals surface area contributed by atoms with Gasteiger partial charge in [-0.15, -0.1) is 0 Å². The number of carbonyl (C=O) groups excluding carboxylic acids is 2. The Kier molecular flexibility index (Phi) is 9.43. The van der Waals surface area contributed by atoms with Crippen LogP contribution in [0.2, 0.25) is 0 Å². The normalized spacial score (nSPS) is 19.5. The van der Waals surface area contributed by atoms with Gasteiger partial charge in [-0.3, -0.25) is 9.59 Å². The van der Waals surface area contributed by atoms with Crippen molar-refractivity contribution in [1.29, 1.82) is 0 Å². The molecule has 190 valence electrons. The average Bonchev–Trinajstić information content (AvgIpc) is 2.88. The second-order valence-electron chi connectivity index (χ2n) is 9.85. The number of hydrogen-bond acceptors (Lipinski definition) is 5. The molecule has 0 bridgehead atoms. The van der Waals surface area contributed by atoms with Gasteiger partial charge in [0.15, 0.2) is 0 Å². The number of fused-ring (bicyclic) bond motifs is 3. The maximum absolute atomic E-state index is 13.8. The Morgan fingerprint density at radius 2 is 1.71 bits per heavy atom. The fraction of sp³-hybridized carbons (Fsp3) is 0.500. The molecule has 0 saturated carbocycles. The van der Waals surface area contributed by atoms with Gasteiger partial charge in [0, 0.05) is 44.6 Å². The number of aliphatic hydroxyl groups excluding tert-OH is 1. The number of rotatable bonds is 7. The van der Waals surface area contributed by atoms with Crippen LogP contribution in [0.1, 0.15) is 36.2 Å².